The minimum Gasteiger partial charge on any atom is -0.383 e. The largest absolute Gasteiger partial charge is 0.383 e. The quantitative estimate of drug-likeness (QED) is 0.803. The van der Waals surface area contributed by atoms with Gasteiger partial charge in [0.1, 0.15) is 16.5 Å². The summed E-state index contributed by atoms with van der Waals surface area (Å²) < 4.78 is 0. The molecular weight excluding hydrogens is 280 g/mol. The number of rotatable bonds is 4. The highest BCUT2D eigenvalue weighted by molar-refractivity contribution is 7.16. The van der Waals surface area contributed by atoms with Gasteiger partial charge in [0.2, 0.25) is 0 Å². The predicted octanol–water partition coefficient (Wildman–Crippen LogP) is 3.21. The van der Waals surface area contributed by atoms with Gasteiger partial charge in [-0.15, -0.1) is 11.3 Å². The van der Waals surface area contributed by atoms with E-state index in [1.165, 1.54) is 11.1 Å². The van der Waals surface area contributed by atoms with Crippen LogP contribution in [0.15, 0.2) is 35.7 Å². The number of fused-ring (bicyclic) bond motifs is 1. The molecule has 0 bridgehead atoms. The predicted molar refractivity (Wildman–Crippen MR) is 88.2 cm³/mol. The normalized spacial score (nSPS) is 11.4. The third-order valence-electron chi connectivity index (χ3n) is 3.39. The summed E-state index contributed by atoms with van der Waals surface area (Å²) in [6, 6.07) is 10.5. The summed E-state index contributed by atoms with van der Waals surface area (Å²) in [4.78, 5) is 12.1. The van der Waals surface area contributed by atoms with Crippen LogP contribution in [-0.2, 0) is 13.1 Å². The fourth-order valence-corrected chi connectivity index (χ4v) is 3.09. The molecule has 5 heteroatoms. The van der Waals surface area contributed by atoms with Crippen molar-refractivity contribution in [1.82, 2.24) is 14.9 Å². The van der Waals surface area contributed by atoms with E-state index in [1.54, 1.807) is 11.3 Å². The zero-order chi connectivity index (χ0) is 14.8. The first-order valence-corrected chi connectivity index (χ1v) is 7.73. The summed E-state index contributed by atoms with van der Waals surface area (Å²) in [6.07, 6.45) is 0. The van der Waals surface area contributed by atoms with E-state index in [0.29, 0.717) is 12.4 Å². The molecule has 0 aliphatic heterocycles. The summed E-state index contributed by atoms with van der Waals surface area (Å²) in [5, 5.41) is 2.94. The number of aryl methyl sites for hydroxylation is 1. The van der Waals surface area contributed by atoms with Crippen LogP contribution in [0.3, 0.4) is 0 Å². The first-order valence-electron chi connectivity index (χ1n) is 6.85. The van der Waals surface area contributed by atoms with Gasteiger partial charge in [-0.2, -0.15) is 0 Å². The Labute approximate surface area is 128 Å². The lowest BCUT2D eigenvalue weighted by Gasteiger charge is -2.16. The van der Waals surface area contributed by atoms with E-state index in [1.807, 2.05) is 11.4 Å². The number of thiophene rings is 1. The van der Waals surface area contributed by atoms with Crippen LogP contribution in [0.25, 0.3) is 10.2 Å². The van der Waals surface area contributed by atoms with Crippen molar-refractivity contribution < 1.29 is 0 Å². The van der Waals surface area contributed by atoms with Crippen molar-refractivity contribution in [3.63, 3.8) is 0 Å². The summed E-state index contributed by atoms with van der Waals surface area (Å²) in [5.41, 5.74) is 8.55. The molecule has 2 aromatic heterocycles. The summed E-state index contributed by atoms with van der Waals surface area (Å²) in [5.74, 6) is 1.34. The Morgan fingerprint density at radius 2 is 1.86 bits per heavy atom. The molecule has 3 aromatic rings. The topological polar surface area (TPSA) is 55.0 Å². The van der Waals surface area contributed by atoms with Crippen LogP contribution in [0.5, 0.6) is 0 Å². The molecule has 0 amide bonds. The first kappa shape index (κ1) is 14.0. The highest BCUT2D eigenvalue weighted by Crippen LogP contribution is 2.23. The maximum Gasteiger partial charge on any atom is 0.146 e. The van der Waals surface area contributed by atoms with Gasteiger partial charge in [-0.25, -0.2) is 9.97 Å². The standard InChI is InChI=1S/C16H18N4S/c1-11-3-5-12(6-4-11)9-20(2)10-14-18-15(17)13-7-8-21-16(13)19-14/h3-8H,9-10H2,1-2H3,(H2,17,18,19). The van der Waals surface area contributed by atoms with Crippen LogP contribution in [-0.4, -0.2) is 21.9 Å². The van der Waals surface area contributed by atoms with E-state index in [2.05, 4.69) is 53.1 Å². The second kappa shape index (κ2) is 5.79. The lowest BCUT2D eigenvalue weighted by Crippen LogP contribution is -2.19. The second-order valence-electron chi connectivity index (χ2n) is 5.32. The van der Waals surface area contributed by atoms with E-state index < -0.39 is 0 Å². The number of nitrogens with zero attached hydrogens (tertiary/aromatic N) is 3. The van der Waals surface area contributed by atoms with Gasteiger partial charge in [-0.3, -0.25) is 4.90 Å². The lowest BCUT2D eigenvalue weighted by molar-refractivity contribution is 0.311. The van der Waals surface area contributed by atoms with Crippen molar-refractivity contribution >= 4 is 27.4 Å². The molecule has 0 saturated carbocycles. The number of nitrogens with two attached hydrogens (primary N) is 1. The van der Waals surface area contributed by atoms with E-state index in [-0.39, 0.29) is 0 Å². The minimum absolute atomic E-state index is 0.569. The Kier molecular flexibility index (Phi) is 3.86. The van der Waals surface area contributed by atoms with Gasteiger partial charge < -0.3 is 5.73 Å². The maximum atomic E-state index is 5.98. The molecule has 3 rings (SSSR count). The molecule has 1 aromatic carbocycles. The number of hydrogen-bond donors (Lipinski definition) is 1. The van der Waals surface area contributed by atoms with Crippen molar-refractivity contribution in [2.45, 2.75) is 20.0 Å². The van der Waals surface area contributed by atoms with Crippen LogP contribution in [0.4, 0.5) is 5.82 Å². The Balaban J connectivity index is 1.73. The van der Waals surface area contributed by atoms with Crippen molar-refractivity contribution in [2.24, 2.45) is 0 Å². The number of nitrogen functional groups attached to an aromatic ring is 1. The molecule has 4 nitrogen and oxygen atoms in total. The average molecular weight is 298 g/mol. The molecule has 0 unspecified atom stereocenters. The fraction of sp³-hybridized carbons (Fsp3) is 0.250. The molecule has 0 aliphatic rings. The third kappa shape index (κ3) is 3.20. The van der Waals surface area contributed by atoms with Crippen LogP contribution < -0.4 is 5.73 Å². The maximum absolute atomic E-state index is 5.98. The number of benzene rings is 1. The van der Waals surface area contributed by atoms with Crippen molar-refractivity contribution in [2.75, 3.05) is 12.8 Å². The van der Waals surface area contributed by atoms with Crippen molar-refractivity contribution in [1.29, 1.82) is 0 Å². The molecule has 2 heterocycles. The fourth-order valence-electron chi connectivity index (χ4n) is 2.30. The SMILES string of the molecule is Cc1ccc(CN(C)Cc2nc(N)c3ccsc3n2)cc1. The second-order valence-corrected chi connectivity index (χ2v) is 6.22. The molecule has 108 valence electrons. The highest BCUT2D eigenvalue weighted by Gasteiger charge is 2.09. The van der Waals surface area contributed by atoms with E-state index in [4.69, 9.17) is 5.73 Å². The van der Waals surface area contributed by atoms with E-state index in [9.17, 15) is 0 Å². The Bertz CT molecular complexity index is 749. The summed E-state index contributed by atoms with van der Waals surface area (Å²) in [6.45, 7) is 3.65. The van der Waals surface area contributed by atoms with Gasteiger partial charge in [0.25, 0.3) is 0 Å². The number of anilines is 1. The van der Waals surface area contributed by atoms with Crippen molar-refractivity contribution in [3.05, 3.63) is 52.7 Å². The molecule has 2 N–H and O–H groups in total. The first-order chi connectivity index (χ1) is 10.1. The van der Waals surface area contributed by atoms with Crippen molar-refractivity contribution in [3.8, 4) is 0 Å². The molecular formula is C16H18N4S. The van der Waals surface area contributed by atoms with Crippen LogP contribution in [0.2, 0.25) is 0 Å². The smallest absolute Gasteiger partial charge is 0.146 e. The lowest BCUT2D eigenvalue weighted by atomic mass is 10.1. The van der Waals surface area contributed by atoms with E-state index in [0.717, 1.165) is 22.6 Å². The molecule has 0 radical (unpaired) electrons. The zero-order valence-electron chi connectivity index (χ0n) is 12.2. The van der Waals surface area contributed by atoms with Gasteiger partial charge in [0, 0.05) is 6.54 Å². The molecule has 0 aliphatic carbocycles. The monoisotopic (exact) mass is 298 g/mol. The molecule has 0 atom stereocenters. The molecule has 0 saturated heterocycles. The van der Waals surface area contributed by atoms with Gasteiger partial charge in [-0.1, -0.05) is 29.8 Å². The minimum atomic E-state index is 0.569. The van der Waals surface area contributed by atoms with Gasteiger partial charge in [0.15, 0.2) is 0 Å². The molecule has 0 fully saturated rings. The number of aromatic nitrogens is 2. The Morgan fingerprint density at radius 3 is 2.62 bits per heavy atom. The highest BCUT2D eigenvalue weighted by atomic mass is 32.1. The molecule has 21 heavy (non-hydrogen) atoms. The van der Waals surface area contributed by atoms with Crippen LogP contribution >= 0.6 is 11.3 Å². The summed E-state index contributed by atoms with van der Waals surface area (Å²) >= 11 is 1.60. The number of hydrogen-bond acceptors (Lipinski definition) is 5. The van der Waals surface area contributed by atoms with Gasteiger partial charge >= 0.3 is 0 Å². The average Bonchev–Trinajstić information content (AvgIpc) is 2.90. The van der Waals surface area contributed by atoms with Crippen LogP contribution in [0.1, 0.15) is 17.0 Å². The van der Waals surface area contributed by atoms with E-state index >= 15 is 0 Å². The van der Waals surface area contributed by atoms with Crippen LogP contribution in [0, 0.1) is 6.92 Å². The summed E-state index contributed by atoms with van der Waals surface area (Å²) in [7, 11) is 2.07. The van der Waals surface area contributed by atoms with Gasteiger partial charge in [-0.05, 0) is 31.0 Å². The third-order valence-corrected chi connectivity index (χ3v) is 4.19. The molecule has 0 spiro atoms. The zero-order valence-corrected chi connectivity index (χ0v) is 13.0. The Morgan fingerprint density at radius 1 is 1.10 bits per heavy atom. The Hall–Kier alpha value is -1.98. The van der Waals surface area contributed by atoms with Gasteiger partial charge in [0.05, 0.1) is 11.9 Å².